The van der Waals surface area contributed by atoms with Gasteiger partial charge in [0, 0.05) is 12.1 Å². The number of halogens is 1. The Balaban J connectivity index is 1.82. The number of piperidine rings is 1. The third-order valence-corrected chi connectivity index (χ3v) is 4.10. The fraction of sp³-hybridized carbons (Fsp3) is 0.571. The Morgan fingerprint density at radius 2 is 1.81 bits per heavy atom. The lowest BCUT2D eigenvalue weighted by Gasteiger charge is -2.34. The van der Waals surface area contributed by atoms with Crippen molar-refractivity contribution in [3.8, 4) is 0 Å². The molecule has 2 heteroatoms. The Morgan fingerprint density at radius 1 is 1.00 bits per heavy atom. The Hall–Kier alpha value is -0.890. The van der Waals surface area contributed by atoms with E-state index in [0.29, 0.717) is 6.04 Å². The van der Waals surface area contributed by atoms with Gasteiger partial charge in [0.15, 0.2) is 0 Å². The molecular weight excluding hydrogens is 201 g/mol. The quantitative estimate of drug-likeness (QED) is 0.698. The van der Waals surface area contributed by atoms with E-state index < -0.39 is 0 Å². The highest BCUT2D eigenvalue weighted by molar-refractivity contribution is 5.21. The molecule has 86 valence electrons. The smallest absolute Gasteiger partial charge is 0.123 e. The average Bonchev–Trinajstić information content (AvgIpc) is 2.74. The Bertz CT molecular complexity index is 360. The molecule has 0 aromatic heterocycles. The molecule has 0 aliphatic carbocycles. The molecule has 0 radical (unpaired) electrons. The molecule has 3 rings (SSSR count). The molecule has 0 saturated carbocycles. The predicted molar refractivity (Wildman–Crippen MR) is 62.7 cm³/mol. The summed E-state index contributed by atoms with van der Waals surface area (Å²) in [6.45, 7) is 1.23. The molecule has 2 aliphatic heterocycles. The van der Waals surface area contributed by atoms with Crippen LogP contribution in [-0.2, 0) is 0 Å². The first kappa shape index (κ1) is 10.3. The van der Waals surface area contributed by atoms with Crippen molar-refractivity contribution in [1.82, 2.24) is 4.90 Å². The minimum absolute atomic E-state index is 0.128. The van der Waals surface area contributed by atoms with Crippen LogP contribution in [0.4, 0.5) is 4.39 Å². The van der Waals surface area contributed by atoms with Gasteiger partial charge in [0.1, 0.15) is 5.82 Å². The first-order valence-electron chi connectivity index (χ1n) is 6.36. The second-order valence-corrected chi connectivity index (χ2v) is 5.03. The molecule has 1 aromatic rings. The first-order chi connectivity index (χ1) is 7.84. The van der Waals surface area contributed by atoms with Crippen LogP contribution in [0.2, 0.25) is 0 Å². The molecular formula is C14H18FN. The zero-order chi connectivity index (χ0) is 11.0. The Morgan fingerprint density at radius 3 is 2.62 bits per heavy atom. The lowest BCUT2D eigenvalue weighted by atomic mass is 10.0. The van der Waals surface area contributed by atoms with Crippen molar-refractivity contribution < 1.29 is 4.39 Å². The Kier molecular flexibility index (Phi) is 2.68. The van der Waals surface area contributed by atoms with Gasteiger partial charge < -0.3 is 0 Å². The van der Waals surface area contributed by atoms with Crippen molar-refractivity contribution in [2.24, 2.45) is 0 Å². The molecule has 1 aromatic carbocycles. The second kappa shape index (κ2) is 4.17. The Labute approximate surface area is 96.3 Å². The van der Waals surface area contributed by atoms with Gasteiger partial charge in [-0.25, -0.2) is 4.39 Å². The molecule has 0 bridgehead atoms. The highest BCUT2D eigenvalue weighted by Crippen LogP contribution is 2.40. The molecule has 0 N–H and O–H groups in total. The molecule has 2 fully saturated rings. The van der Waals surface area contributed by atoms with Crippen LogP contribution in [-0.4, -0.2) is 17.5 Å². The third kappa shape index (κ3) is 1.75. The zero-order valence-electron chi connectivity index (χ0n) is 9.53. The molecule has 2 aliphatic rings. The zero-order valence-corrected chi connectivity index (χ0v) is 9.53. The van der Waals surface area contributed by atoms with Gasteiger partial charge in [0.05, 0.1) is 0 Å². The molecule has 2 atom stereocenters. The SMILES string of the molecule is Fc1ccc([C@H]2CC[C@H]3CCCCN32)cc1. The van der Waals surface area contributed by atoms with Gasteiger partial charge in [-0.05, 0) is 49.9 Å². The molecule has 0 amide bonds. The van der Waals surface area contributed by atoms with Crippen molar-refractivity contribution in [3.63, 3.8) is 0 Å². The fourth-order valence-corrected chi connectivity index (χ4v) is 3.30. The van der Waals surface area contributed by atoms with Crippen LogP contribution >= 0.6 is 0 Å². The van der Waals surface area contributed by atoms with Crippen molar-refractivity contribution in [2.45, 2.75) is 44.2 Å². The standard InChI is InChI=1S/C14H18FN/c15-12-6-4-11(5-7-12)14-9-8-13-3-1-2-10-16(13)14/h4-7,13-14H,1-3,8-10H2/t13-,14-/m1/s1. The summed E-state index contributed by atoms with van der Waals surface area (Å²) >= 11 is 0. The summed E-state index contributed by atoms with van der Waals surface area (Å²) in [6, 6.07) is 8.43. The molecule has 16 heavy (non-hydrogen) atoms. The minimum Gasteiger partial charge on any atom is -0.293 e. The summed E-state index contributed by atoms with van der Waals surface area (Å²) in [5.41, 5.74) is 1.30. The number of fused-ring (bicyclic) bond motifs is 1. The normalized spacial score (nSPS) is 30.3. The van der Waals surface area contributed by atoms with E-state index in [1.807, 2.05) is 12.1 Å². The first-order valence-corrected chi connectivity index (χ1v) is 6.36. The van der Waals surface area contributed by atoms with Gasteiger partial charge in [0.25, 0.3) is 0 Å². The van der Waals surface area contributed by atoms with E-state index in [2.05, 4.69) is 4.90 Å². The van der Waals surface area contributed by atoms with Crippen LogP contribution in [0.3, 0.4) is 0 Å². The summed E-state index contributed by atoms with van der Waals surface area (Å²) in [5.74, 6) is -0.128. The summed E-state index contributed by atoms with van der Waals surface area (Å²) < 4.78 is 12.9. The van der Waals surface area contributed by atoms with Gasteiger partial charge >= 0.3 is 0 Å². The number of benzene rings is 1. The van der Waals surface area contributed by atoms with E-state index in [1.165, 1.54) is 44.2 Å². The molecule has 0 spiro atoms. The summed E-state index contributed by atoms with van der Waals surface area (Å²) in [7, 11) is 0. The van der Waals surface area contributed by atoms with Gasteiger partial charge in [0.2, 0.25) is 0 Å². The number of hydrogen-bond acceptors (Lipinski definition) is 1. The van der Waals surface area contributed by atoms with Crippen LogP contribution in [0.15, 0.2) is 24.3 Å². The number of nitrogens with zero attached hydrogens (tertiary/aromatic N) is 1. The topological polar surface area (TPSA) is 3.24 Å². The maximum absolute atomic E-state index is 12.9. The van der Waals surface area contributed by atoms with Crippen LogP contribution in [0.5, 0.6) is 0 Å². The van der Waals surface area contributed by atoms with E-state index >= 15 is 0 Å². The maximum Gasteiger partial charge on any atom is 0.123 e. The molecule has 1 nitrogen and oxygen atoms in total. The van der Waals surface area contributed by atoms with Crippen molar-refractivity contribution in [2.75, 3.05) is 6.54 Å². The monoisotopic (exact) mass is 219 g/mol. The highest BCUT2D eigenvalue weighted by Gasteiger charge is 2.35. The highest BCUT2D eigenvalue weighted by atomic mass is 19.1. The van der Waals surface area contributed by atoms with Crippen LogP contribution < -0.4 is 0 Å². The van der Waals surface area contributed by atoms with E-state index in [0.717, 1.165) is 6.04 Å². The number of rotatable bonds is 1. The third-order valence-electron chi connectivity index (χ3n) is 4.10. The lowest BCUT2D eigenvalue weighted by Crippen LogP contribution is -2.35. The van der Waals surface area contributed by atoms with Crippen molar-refractivity contribution in [3.05, 3.63) is 35.6 Å². The lowest BCUT2D eigenvalue weighted by molar-refractivity contribution is 0.150. The average molecular weight is 219 g/mol. The van der Waals surface area contributed by atoms with E-state index in [1.54, 1.807) is 12.1 Å². The fourth-order valence-electron chi connectivity index (χ4n) is 3.30. The largest absolute Gasteiger partial charge is 0.293 e. The number of hydrogen-bond donors (Lipinski definition) is 0. The summed E-state index contributed by atoms with van der Waals surface area (Å²) in [4.78, 5) is 2.64. The van der Waals surface area contributed by atoms with E-state index in [9.17, 15) is 4.39 Å². The minimum atomic E-state index is -0.128. The second-order valence-electron chi connectivity index (χ2n) is 5.03. The predicted octanol–water partition coefficient (Wildman–Crippen LogP) is 3.52. The molecule has 2 saturated heterocycles. The van der Waals surface area contributed by atoms with Gasteiger partial charge in [-0.2, -0.15) is 0 Å². The van der Waals surface area contributed by atoms with Crippen molar-refractivity contribution >= 4 is 0 Å². The van der Waals surface area contributed by atoms with Gasteiger partial charge in [-0.3, -0.25) is 4.90 Å². The van der Waals surface area contributed by atoms with E-state index in [4.69, 9.17) is 0 Å². The molecule has 0 unspecified atom stereocenters. The van der Waals surface area contributed by atoms with Gasteiger partial charge in [-0.1, -0.05) is 18.6 Å². The van der Waals surface area contributed by atoms with E-state index in [-0.39, 0.29) is 5.82 Å². The maximum atomic E-state index is 12.9. The summed E-state index contributed by atoms with van der Waals surface area (Å²) in [6.07, 6.45) is 6.64. The van der Waals surface area contributed by atoms with Crippen LogP contribution in [0, 0.1) is 5.82 Å². The summed E-state index contributed by atoms with van der Waals surface area (Å²) in [5, 5.41) is 0. The van der Waals surface area contributed by atoms with Crippen LogP contribution in [0.1, 0.15) is 43.7 Å². The van der Waals surface area contributed by atoms with Crippen molar-refractivity contribution in [1.29, 1.82) is 0 Å². The van der Waals surface area contributed by atoms with Gasteiger partial charge in [-0.15, -0.1) is 0 Å². The van der Waals surface area contributed by atoms with Crippen LogP contribution in [0.25, 0.3) is 0 Å². The molecule has 2 heterocycles.